The molecule has 0 radical (unpaired) electrons. The van der Waals surface area contributed by atoms with E-state index in [-0.39, 0.29) is 16.9 Å². The minimum absolute atomic E-state index is 0.0219. The van der Waals surface area contributed by atoms with Crippen molar-refractivity contribution < 1.29 is 22.4 Å². The van der Waals surface area contributed by atoms with Gasteiger partial charge in [0.1, 0.15) is 0 Å². The van der Waals surface area contributed by atoms with Gasteiger partial charge in [-0.1, -0.05) is 39.0 Å². The third kappa shape index (κ3) is 5.65. The molecule has 0 aliphatic carbocycles. The van der Waals surface area contributed by atoms with Crippen LogP contribution in [0.25, 0.3) is 11.1 Å². The maximum absolute atomic E-state index is 12.9. The summed E-state index contributed by atoms with van der Waals surface area (Å²) in [6.45, 7) is 6.07. The van der Waals surface area contributed by atoms with E-state index in [1.807, 2.05) is 39.0 Å². The number of hydrogen-bond donors (Lipinski definition) is 3. The molecule has 0 fully saturated rings. The van der Waals surface area contributed by atoms with Crippen LogP contribution in [0.15, 0.2) is 80.9 Å². The first-order chi connectivity index (χ1) is 16.9. The van der Waals surface area contributed by atoms with Gasteiger partial charge in [-0.3, -0.25) is 15.1 Å². The van der Waals surface area contributed by atoms with Gasteiger partial charge in [0.15, 0.2) is 5.58 Å². The zero-order valence-corrected chi connectivity index (χ0v) is 19.7. The monoisotopic (exact) mass is 496 g/mol. The van der Waals surface area contributed by atoms with Crippen LogP contribution in [-0.4, -0.2) is 16.9 Å². The Morgan fingerprint density at radius 3 is 2.33 bits per heavy atom. The number of anilines is 1. The average molecular weight is 496 g/mol. The van der Waals surface area contributed by atoms with Crippen molar-refractivity contribution in [3.8, 4) is 0 Å². The molecule has 36 heavy (non-hydrogen) atoms. The molecule has 0 bridgehead atoms. The van der Waals surface area contributed by atoms with Crippen molar-refractivity contribution in [2.45, 2.75) is 32.4 Å². The summed E-state index contributed by atoms with van der Waals surface area (Å²) < 4.78 is 43.8. The van der Waals surface area contributed by atoms with Gasteiger partial charge in [-0.25, -0.2) is 9.79 Å². The van der Waals surface area contributed by atoms with E-state index in [0.717, 1.165) is 29.8 Å². The molecule has 0 aliphatic rings. The molecular weight excluding hydrogens is 473 g/mol. The van der Waals surface area contributed by atoms with E-state index in [9.17, 15) is 22.8 Å². The Labute approximate surface area is 204 Å². The summed E-state index contributed by atoms with van der Waals surface area (Å²) >= 11 is 0. The molecule has 1 amide bonds. The van der Waals surface area contributed by atoms with Crippen LogP contribution < -0.4 is 16.4 Å². The van der Waals surface area contributed by atoms with Gasteiger partial charge in [0.05, 0.1) is 16.8 Å². The van der Waals surface area contributed by atoms with Crippen LogP contribution >= 0.6 is 0 Å². The summed E-state index contributed by atoms with van der Waals surface area (Å²) in [7, 11) is 0. The van der Waals surface area contributed by atoms with Crippen LogP contribution in [0, 0.1) is 0 Å². The van der Waals surface area contributed by atoms with Gasteiger partial charge < -0.3 is 9.73 Å². The number of hydrogen-bond acceptors (Lipinski definition) is 4. The number of oxazole rings is 1. The van der Waals surface area contributed by atoms with Crippen LogP contribution in [0.2, 0.25) is 0 Å². The Balaban J connectivity index is 1.70. The Morgan fingerprint density at radius 2 is 1.67 bits per heavy atom. The van der Waals surface area contributed by atoms with E-state index in [2.05, 4.69) is 20.6 Å². The molecule has 1 aromatic heterocycles. The maximum Gasteiger partial charge on any atom is 0.417 e. The number of amides is 1. The predicted octanol–water partition coefficient (Wildman–Crippen LogP) is 5.97. The Hall–Kier alpha value is -4.34. The predicted molar refractivity (Wildman–Crippen MR) is 132 cm³/mol. The maximum atomic E-state index is 12.9. The largest absolute Gasteiger partial charge is 0.417 e. The Morgan fingerprint density at radius 1 is 0.972 bits per heavy atom. The smallest absolute Gasteiger partial charge is 0.408 e. The van der Waals surface area contributed by atoms with Crippen molar-refractivity contribution in [2.24, 2.45) is 4.99 Å². The molecule has 3 aromatic carbocycles. The number of nitrogens with zero attached hydrogens (tertiary/aromatic N) is 1. The first-order valence-electron chi connectivity index (χ1n) is 11.0. The summed E-state index contributed by atoms with van der Waals surface area (Å²) in [5.41, 5.74) is 1.68. The second-order valence-corrected chi connectivity index (χ2v) is 9.11. The number of aliphatic imine (C=N–C) groups is 1. The fraction of sp³-hybridized carbons (Fsp3) is 0.192. The summed E-state index contributed by atoms with van der Waals surface area (Å²) in [6, 6.07) is 16.1. The van der Waals surface area contributed by atoms with Gasteiger partial charge >= 0.3 is 11.9 Å². The van der Waals surface area contributed by atoms with Crippen LogP contribution in [-0.2, 0) is 11.6 Å². The van der Waals surface area contributed by atoms with Crippen molar-refractivity contribution in [3.63, 3.8) is 0 Å². The molecular formula is C26H23F3N4O3. The number of aromatic amines is 1. The van der Waals surface area contributed by atoms with Crippen LogP contribution in [0.1, 0.15) is 42.3 Å². The second-order valence-electron chi connectivity index (χ2n) is 9.11. The van der Waals surface area contributed by atoms with Gasteiger partial charge in [0.2, 0.25) is 5.96 Å². The topological polar surface area (TPSA) is 99.5 Å². The molecule has 1 heterocycles. The first-order valence-corrected chi connectivity index (χ1v) is 11.0. The quantitative estimate of drug-likeness (QED) is 0.240. The van der Waals surface area contributed by atoms with Crippen molar-refractivity contribution in [3.05, 3.63) is 94.0 Å². The normalized spacial score (nSPS) is 12.6. The number of fused-ring (bicyclic) bond motifs is 1. The number of guanidine groups is 1. The van der Waals surface area contributed by atoms with E-state index in [1.54, 1.807) is 24.3 Å². The van der Waals surface area contributed by atoms with E-state index in [1.165, 1.54) is 0 Å². The molecule has 10 heteroatoms. The zero-order valence-electron chi connectivity index (χ0n) is 19.7. The van der Waals surface area contributed by atoms with E-state index >= 15 is 0 Å². The highest BCUT2D eigenvalue weighted by Gasteiger charge is 2.30. The van der Waals surface area contributed by atoms with Crippen LogP contribution in [0.5, 0.6) is 0 Å². The molecule has 0 spiro atoms. The third-order valence-corrected chi connectivity index (χ3v) is 5.33. The lowest BCUT2D eigenvalue weighted by atomic mass is 9.86. The molecule has 0 unspecified atom stereocenters. The lowest BCUT2D eigenvalue weighted by molar-refractivity contribution is -0.137. The molecule has 0 atom stereocenters. The van der Waals surface area contributed by atoms with Crippen molar-refractivity contribution >= 4 is 34.3 Å². The number of benzene rings is 3. The van der Waals surface area contributed by atoms with Gasteiger partial charge in [-0.05, 0) is 53.4 Å². The fourth-order valence-electron chi connectivity index (χ4n) is 3.56. The SMILES string of the molecule is CC(C)(C)c1ccccc1N=C(NC(=O)c1ccc(C(F)(F)F)cc1)Nc1ccc2[nH]c(=O)oc2c1. The number of H-pyrrole nitrogens is 1. The number of rotatable bonds is 3. The number of para-hydroxylation sites is 1. The van der Waals surface area contributed by atoms with Crippen molar-refractivity contribution in [2.75, 3.05) is 5.32 Å². The number of halogens is 3. The zero-order chi connectivity index (χ0) is 26.1. The lowest BCUT2D eigenvalue weighted by Gasteiger charge is -2.21. The molecule has 186 valence electrons. The van der Waals surface area contributed by atoms with Gasteiger partial charge in [0, 0.05) is 17.3 Å². The van der Waals surface area contributed by atoms with Crippen LogP contribution in [0.3, 0.4) is 0 Å². The molecule has 0 saturated carbocycles. The van der Waals surface area contributed by atoms with Gasteiger partial charge in [-0.2, -0.15) is 13.2 Å². The summed E-state index contributed by atoms with van der Waals surface area (Å²) in [5, 5.41) is 5.64. The Bertz CT molecular complexity index is 1490. The van der Waals surface area contributed by atoms with Crippen molar-refractivity contribution in [1.29, 1.82) is 0 Å². The lowest BCUT2D eigenvalue weighted by Crippen LogP contribution is -2.36. The third-order valence-electron chi connectivity index (χ3n) is 5.33. The first kappa shape index (κ1) is 24.8. The van der Waals surface area contributed by atoms with E-state index in [4.69, 9.17) is 4.42 Å². The standard InChI is InChI=1S/C26H23F3N4O3/c1-25(2,3)18-6-4-5-7-19(18)31-23(30-17-12-13-20-21(14-17)36-24(35)32-20)33-22(34)15-8-10-16(11-9-15)26(27,28)29/h4-14H,1-3H3,(H,32,35)(H2,30,31,33,34). The van der Waals surface area contributed by atoms with Crippen LogP contribution in [0.4, 0.5) is 24.5 Å². The van der Waals surface area contributed by atoms with Gasteiger partial charge in [0.25, 0.3) is 5.91 Å². The summed E-state index contributed by atoms with van der Waals surface area (Å²) in [5.74, 6) is -1.22. The number of alkyl halides is 3. The number of aromatic nitrogens is 1. The summed E-state index contributed by atoms with van der Waals surface area (Å²) in [4.78, 5) is 31.6. The highest BCUT2D eigenvalue weighted by atomic mass is 19.4. The Kier molecular flexibility index (Phi) is 6.45. The molecule has 4 rings (SSSR count). The number of carbonyl (C=O) groups is 1. The van der Waals surface area contributed by atoms with E-state index < -0.39 is 23.4 Å². The number of nitrogens with one attached hydrogen (secondary N) is 3. The number of carbonyl (C=O) groups excluding carboxylic acids is 1. The fourth-order valence-corrected chi connectivity index (χ4v) is 3.56. The minimum Gasteiger partial charge on any atom is -0.408 e. The van der Waals surface area contributed by atoms with Crippen molar-refractivity contribution in [1.82, 2.24) is 10.3 Å². The molecule has 0 aliphatic heterocycles. The summed E-state index contributed by atoms with van der Waals surface area (Å²) in [6.07, 6.45) is -4.51. The highest BCUT2D eigenvalue weighted by Crippen LogP contribution is 2.32. The van der Waals surface area contributed by atoms with Gasteiger partial charge in [-0.15, -0.1) is 0 Å². The molecule has 4 aromatic rings. The molecule has 3 N–H and O–H groups in total. The highest BCUT2D eigenvalue weighted by molar-refractivity contribution is 6.11. The van der Waals surface area contributed by atoms with E-state index in [0.29, 0.717) is 22.5 Å². The molecule has 0 saturated heterocycles. The molecule has 7 nitrogen and oxygen atoms in total. The second kappa shape index (κ2) is 9.37. The minimum atomic E-state index is -4.51. The average Bonchev–Trinajstić information content (AvgIpc) is 3.17.